The number of hydrogen-bond donors (Lipinski definition) is 2. The molecule has 0 aromatic heterocycles. The summed E-state index contributed by atoms with van der Waals surface area (Å²) in [4.78, 5) is 13.3. The molecule has 0 saturated carbocycles. The molecule has 1 aliphatic heterocycles. The second kappa shape index (κ2) is 9.09. The van der Waals surface area contributed by atoms with Gasteiger partial charge in [0.15, 0.2) is 18.0 Å². The summed E-state index contributed by atoms with van der Waals surface area (Å²) < 4.78 is 16.1. The van der Waals surface area contributed by atoms with Gasteiger partial charge in [0.05, 0.1) is 7.05 Å². The van der Waals surface area contributed by atoms with E-state index in [1.165, 1.54) is 0 Å². The van der Waals surface area contributed by atoms with Gasteiger partial charge in [0.1, 0.15) is 18.9 Å². The van der Waals surface area contributed by atoms with Crippen LogP contribution in [0.5, 0.6) is 17.2 Å². The Labute approximate surface area is 159 Å². The Morgan fingerprint density at radius 3 is 2.70 bits per heavy atom. The molecule has 1 unspecified atom stereocenters. The monoisotopic (exact) mass is 369 g/mol. The first-order chi connectivity index (χ1) is 13.1. The predicted molar refractivity (Wildman–Crippen MR) is 102 cm³/mol. The van der Waals surface area contributed by atoms with Gasteiger partial charge in [0, 0.05) is 12.1 Å². The summed E-state index contributed by atoms with van der Waals surface area (Å²) in [6.07, 6.45) is 1.72. The zero-order chi connectivity index (χ0) is 19.1. The summed E-state index contributed by atoms with van der Waals surface area (Å²) in [6, 6.07) is 13.6. The number of nitrogens with one attached hydrogen (secondary N) is 2. The molecule has 0 radical (unpaired) electrons. The third-order valence-electron chi connectivity index (χ3n) is 4.19. The minimum Gasteiger partial charge on any atom is -0.490 e. The van der Waals surface area contributed by atoms with Gasteiger partial charge in [0.2, 0.25) is 6.79 Å². The Kier molecular flexibility index (Phi) is 6.33. The fraction of sp³-hybridized carbons (Fsp3) is 0.286. The summed E-state index contributed by atoms with van der Waals surface area (Å²) in [5, 5.41) is 2.95. The van der Waals surface area contributed by atoms with Gasteiger partial charge in [-0.15, -0.1) is 0 Å². The molecule has 27 heavy (non-hydrogen) atoms. The van der Waals surface area contributed by atoms with Gasteiger partial charge in [-0.05, 0) is 42.0 Å². The maximum absolute atomic E-state index is 12.2. The predicted octanol–water partition coefficient (Wildman–Crippen LogP) is 1.31. The van der Waals surface area contributed by atoms with E-state index in [-0.39, 0.29) is 12.7 Å². The third-order valence-corrected chi connectivity index (χ3v) is 4.19. The van der Waals surface area contributed by atoms with Crippen molar-refractivity contribution in [1.82, 2.24) is 5.32 Å². The normalized spacial score (nSPS) is 13.1. The van der Waals surface area contributed by atoms with Crippen molar-refractivity contribution in [2.75, 3.05) is 27.0 Å². The first-order valence-corrected chi connectivity index (χ1v) is 8.93. The van der Waals surface area contributed by atoms with Crippen LogP contribution in [0.2, 0.25) is 0 Å². The van der Waals surface area contributed by atoms with Crippen molar-refractivity contribution in [3.8, 4) is 17.2 Å². The van der Waals surface area contributed by atoms with E-state index in [2.05, 4.69) is 11.9 Å². The number of quaternary nitrogens is 1. The molecule has 0 aliphatic carbocycles. The molecular weight excluding hydrogens is 344 g/mol. The second-order valence-corrected chi connectivity index (χ2v) is 6.52. The lowest BCUT2D eigenvalue weighted by atomic mass is 10.2. The molecule has 0 spiro atoms. The topological polar surface area (TPSA) is 61.2 Å². The Balaban J connectivity index is 1.42. The van der Waals surface area contributed by atoms with Crippen LogP contribution < -0.4 is 24.4 Å². The van der Waals surface area contributed by atoms with Crippen molar-refractivity contribution in [3.63, 3.8) is 0 Å². The Morgan fingerprint density at radius 2 is 1.93 bits per heavy atom. The molecule has 6 nitrogen and oxygen atoms in total. The third kappa shape index (κ3) is 5.49. The van der Waals surface area contributed by atoms with Crippen molar-refractivity contribution in [2.24, 2.45) is 0 Å². The lowest BCUT2D eigenvalue weighted by molar-refractivity contribution is -0.885. The van der Waals surface area contributed by atoms with E-state index in [1.807, 2.05) is 49.5 Å². The summed E-state index contributed by atoms with van der Waals surface area (Å²) in [6.45, 7) is 6.01. The van der Waals surface area contributed by atoms with Crippen molar-refractivity contribution in [1.29, 1.82) is 0 Å². The van der Waals surface area contributed by atoms with Crippen molar-refractivity contribution in [2.45, 2.75) is 13.1 Å². The van der Waals surface area contributed by atoms with Crippen LogP contribution in [0.3, 0.4) is 0 Å². The highest BCUT2D eigenvalue weighted by Gasteiger charge is 2.14. The maximum Gasteiger partial charge on any atom is 0.275 e. The molecule has 2 aromatic carbocycles. The zero-order valence-corrected chi connectivity index (χ0v) is 15.5. The van der Waals surface area contributed by atoms with Crippen molar-refractivity contribution < 1.29 is 23.9 Å². The van der Waals surface area contributed by atoms with E-state index in [1.54, 1.807) is 6.08 Å². The van der Waals surface area contributed by atoms with Crippen LogP contribution in [-0.4, -0.2) is 32.9 Å². The van der Waals surface area contributed by atoms with Crippen LogP contribution in [-0.2, 0) is 17.9 Å². The summed E-state index contributed by atoms with van der Waals surface area (Å²) in [5.74, 6) is 2.30. The van der Waals surface area contributed by atoms with Crippen LogP contribution in [0, 0.1) is 0 Å². The van der Waals surface area contributed by atoms with Gasteiger partial charge in [-0.25, -0.2) is 0 Å². The smallest absolute Gasteiger partial charge is 0.275 e. The average molecular weight is 369 g/mol. The molecule has 0 fully saturated rings. The fourth-order valence-corrected chi connectivity index (χ4v) is 2.86. The van der Waals surface area contributed by atoms with E-state index >= 15 is 0 Å². The summed E-state index contributed by atoms with van der Waals surface area (Å²) in [5.41, 5.74) is 2.14. The number of carbonyl (C=O) groups is 1. The van der Waals surface area contributed by atoms with Gasteiger partial charge >= 0.3 is 0 Å². The number of rotatable bonds is 9. The molecule has 1 heterocycles. The standard InChI is InChI=1S/C21H24N2O4/c1-3-10-25-18-7-4-16(5-8-18)13-23(2)14-21(24)22-12-17-6-9-19-20(11-17)27-15-26-19/h3-9,11H,1,10,12-15H2,2H3,(H,22,24)/p+1. The van der Waals surface area contributed by atoms with E-state index in [4.69, 9.17) is 14.2 Å². The second-order valence-electron chi connectivity index (χ2n) is 6.52. The Morgan fingerprint density at radius 1 is 1.19 bits per heavy atom. The van der Waals surface area contributed by atoms with Gasteiger partial charge in [-0.3, -0.25) is 4.79 Å². The van der Waals surface area contributed by atoms with Crippen LogP contribution in [0.4, 0.5) is 0 Å². The molecule has 1 amide bonds. The molecule has 2 aromatic rings. The Hall–Kier alpha value is -2.99. The van der Waals surface area contributed by atoms with E-state index in [9.17, 15) is 4.79 Å². The fourth-order valence-electron chi connectivity index (χ4n) is 2.86. The molecule has 3 rings (SSSR count). The molecule has 1 aliphatic rings. The summed E-state index contributed by atoms with van der Waals surface area (Å²) >= 11 is 0. The van der Waals surface area contributed by atoms with E-state index < -0.39 is 0 Å². The molecular formula is C21H25N2O4+. The lowest BCUT2D eigenvalue weighted by Crippen LogP contribution is -3.08. The first-order valence-electron chi connectivity index (χ1n) is 8.93. The largest absolute Gasteiger partial charge is 0.490 e. The number of ether oxygens (including phenoxy) is 3. The summed E-state index contributed by atoms with van der Waals surface area (Å²) in [7, 11) is 2.00. The van der Waals surface area contributed by atoms with Gasteiger partial charge in [0.25, 0.3) is 5.91 Å². The Bertz CT molecular complexity index is 789. The van der Waals surface area contributed by atoms with Gasteiger partial charge < -0.3 is 24.4 Å². The average Bonchev–Trinajstić information content (AvgIpc) is 3.13. The molecule has 2 N–H and O–H groups in total. The van der Waals surface area contributed by atoms with Crippen LogP contribution in [0.1, 0.15) is 11.1 Å². The highest BCUT2D eigenvalue weighted by Crippen LogP contribution is 2.32. The molecule has 6 heteroatoms. The van der Waals surface area contributed by atoms with Crippen LogP contribution in [0.25, 0.3) is 0 Å². The highest BCUT2D eigenvalue weighted by molar-refractivity contribution is 5.76. The highest BCUT2D eigenvalue weighted by atomic mass is 16.7. The number of carbonyl (C=O) groups excluding carboxylic acids is 1. The molecule has 142 valence electrons. The van der Waals surface area contributed by atoms with E-state index in [0.717, 1.165) is 39.8 Å². The SMILES string of the molecule is C=CCOc1ccc(C[NH+](C)CC(=O)NCc2ccc3c(c2)OCO3)cc1. The minimum absolute atomic E-state index is 0.0103. The first kappa shape index (κ1) is 18.8. The van der Waals surface area contributed by atoms with Crippen LogP contribution >= 0.6 is 0 Å². The van der Waals surface area contributed by atoms with Crippen molar-refractivity contribution >= 4 is 5.91 Å². The number of amides is 1. The number of likely N-dealkylation sites (N-methyl/N-ethyl adjacent to an activating group) is 1. The maximum atomic E-state index is 12.2. The lowest BCUT2D eigenvalue weighted by Gasteiger charge is -2.14. The van der Waals surface area contributed by atoms with Crippen molar-refractivity contribution in [3.05, 3.63) is 66.2 Å². The van der Waals surface area contributed by atoms with Crippen LogP contribution in [0.15, 0.2) is 55.1 Å². The molecule has 1 atom stereocenters. The number of benzene rings is 2. The van der Waals surface area contributed by atoms with E-state index in [0.29, 0.717) is 19.7 Å². The number of fused-ring (bicyclic) bond motifs is 1. The zero-order valence-electron chi connectivity index (χ0n) is 15.5. The van der Waals surface area contributed by atoms with Gasteiger partial charge in [-0.1, -0.05) is 18.7 Å². The van der Waals surface area contributed by atoms with Gasteiger partial charge in [-0.2, -0.15) is 0 Å². The number of hydrogen-bond acceptors (Lipinski definition) is 4. The molecule has 0 saturated heterocycles. The minimum atomic E-state index is 0.0103. The molecule has 0 bridgehead atoms. The quantitative estimate of drug-likeness (QED) is 0.655.